The molecule has 0 rings (SSSR count). The molecule has 0 heterocycles. The molecular formula is C19H25F15N2O. The lowest BCUT2D eigenvalue weighted by Gasteiger charge is -2.41. The third kappa shape index (κ3) is 6.69. The molecule has 0 aromatic carbocycles. The van der Waals surface area contributed by atoms with E-state index < -0.39 is 54.2 Å². The van der Waals surface area contributed by atoms with Gasteiger partial charge in [-0.2, -0.15) is 65.9 Å². The van der Waals surface area contributed by atoms with Gasteiger partial charge < -0.3 is 10.2 Å². The van der Waals surface area contributed by atoms with E-state index in [0.717, 1.165) is 18.2 Å². The summed E-state index contributed by atoms with van der Waals surface area (Å²) in [6.45, 7) is 3.88. The van der Waals surface area contributed by atoms with Gasteiger partial charge in [-0.15, -0.1) is 0 Å². The molecule has 0 aliphatic heterocycles. The van der Waals surface area contributed by atoms with E-state index in [9.17, 15) is 70.7 Å². The third-order valence-corrected chi connectivity index (χ3v) is 5.21. The summed E-state index contributed by atoms with van der Waals surface area (Å²) < 4.78 is 198. The van der Waals surface area contributed by atoms with E-state index >= 15 is 0 Å². The molecule has 0 aliphatic rings. The van der Waals surface area contributed by atoms with Crippen molar-refractivity contribution in [3.63, 3.8) is 0 Å². The van der Waals surface area contributed by atoms with Gasteiger partial charge in [0.15, 0.2) is 0 Å². The maximum Gasteiger partial charge on any atom is 0.460 e. The molecule has 37 heavy (non-hydrogen) atoms. The second-order valence-electron chi connectivity index (χ2n) is 8.10. The summed E-state index contributed by atoms with van der Waals surface area (Å²) in [5.74, 6) is -51.2. The first kappa shape index (κ1) is 35.4. The average Bonchev–Trinajstić information content (AvgIpc) is 2.76. The van der Waals surface area contributed by atoms with Gasteiger partial charge >= 0.3 is 41.7 Å². The van der Waals surface area contributed by atoms with Gasteiger partial charge in [0.05, 0.1) is 0 Å². The molecule has 0 aliphatic carbocycles. The van der Waals surface area contributed by atoms with Gasteiger partial charge in [-0.3, -0.25) is 4.79 Å². The standard InChI is InChI=1S/C19H25F15N2O/c1-3-5-9-36(10-6-4-2)11-7-8-35-12(37)13(20,21)14(22,23)15(24,25)16(26,27)17(28,29)18(30,31)19(32,33)34/h3-11H2,1-2H3,(H,35,37). The third-order valence-electron chi connectivity index (χ3n) is 5.21. The Balaban J connectivity index is 5.74. The van der Waals surface area contributed by atoms with Crippen molar-refractivity contribution >= 4 is 5.91 Å². The zero-order valence-corrected chi connectivity index (χ0v) is 19.4. The Morgan fingerprint density at radius 2 is 0.919 bits per heavy atom. The van der Waals surface area contributed by atoms with Gasteiger partial charge in [0.1, 0.15) is 0 Å². The van der Waals surface area contributed by atoms with Crippen molar-refractivity contribution in [2.45, 2.75) is 87.7 Å². The highest BCUT2D eigenvalue weighted by Crippen LogP contribution is 2.62. The zero-order valence-electron chi connectivity index (χ0n) is 19.4. The van der Waals surface area contributed by atoms with E-state index in [1.165, 1.54) is 0 Å². The number of hydrogen-bond donors (Lipinski definition) is 1. The first-order chi connectivity index (χ1) is 16.4. The van der Waals surface area contributed by atoms with Crippen LogP contribution in [0.15, 0.2) is 0 Å². The number of nitrogens with zero attached hydrogens (tertiary/aromatic N) is 1. The highest BCUT2D eigenvalue weighted by molar-refractivity contribution is 5.84. The van der Waals surface area contributed by atoms with Crippen LogP contribution in [0, 0.1) is 0 Å². The molecule has 0 aromatic rings. The van der Waals surface area contributed by atoms with Gasteiger partial charge in [0.25, 0.3) is 5.91 Å². The summed E-state index contributed by atoms with van der Waals surface area (Å²) in [5, 5.41) is 1.02. The topological polar surface area (TPSA) is 32.3 Å². The summed E-state index contributed by atoms with van der Waals surface area (Å²) >= 11 is 0. The number of nitrogens with one attached hydrogen (secondary N) is 1. The first-order valence-electron chi connectivity index (χ1n) is 10.8. The summed E-state index contributed by atoms with van der Waals surface area (Å²) in [6, 6.07) is 0. The Morgan fingerprint density at radius 3 is 1.30 bits per heavy atom. The quantitative estimate of drug-likeness (QED) is 0.161. The van der Waals surface area contributed by atoms with Crippen molar-refractivity contribution in [1.29, 1.82) is 0 Å². The summed E-state index contributed by atoms with van der Waals surface area (Å²) in [4.78, 5) is 13.2. The Labute approximate surface area is 201 Å². The lowest BCUT2D eigenvalue weighted by Crippen LogP contribution is -2.74. The van der Waals surface area contributed by atoms with Gasteiger partial charge in [0.2, 0.25) is 0 Å². The van der Waals surface area contributed by atoms with E-state index in [-0.39, 0.29) is 13.0 Å². The zero-order chi connectivity index (χ0) is 29.7. The molecule has 0 spiro atoms. The normalized spacial score (nSPS) is 14.9. The van der Waals surface area contributed by atoms with E-state index in [1.54, 1.807) is 4.90 Å². The van der Waals surface area contributed by atoms with E-state index in [0.29, 0.717) is 25.9 Å². The number of alkyl halides is 15. The second-order valence-corrected chi connectivity index (χ2v) is 8.10. The summed E-state index contributed by atoms with van der Waals surface area (Å²) in [5.41, 5.74) is 0. The van der Waals surface area contributed by atoms with E-state index in [4.69, 9.17) is 0 Å². The van der Waals surface area contributed by atoms with Gasteiger partial charge in [0, 0.05) is 6.54 Å². The van der Waals surface area contributed by atoms with Gasteiger partial charge in [-0.1, -0.05) is 26.7 Å². The summed E-state index contributed by atoms with van der Waals surface area (Å²) in [7, 11) is 0. The van der Waals surface area contributed by atoms with Crippen LogP contribution < -0.4 is 5.32 Å². The molecule has 18 heteroatoms. The number of carbonyl (C=O) groups excluding carboxylic acids is 1. The summed E-state index contributed by atoms with van der Waals surface area (Å²) in [6.07, 6.45) is -5.01. The Hall–Kier alpha value is -1.62. The highest BCUT2D eigenvalue weighted by Gasteiger charge is 2.94. The molecule has 0 unspecified atom stereocenters. The number of unbranched alkanes of at least 4 members (excludes halogenated alkanes) is 2. The smallest absolute Gasteiger partial charge is 0.351 e. The minimum atomic E-state index is -8.41. The van der Waals surface area contributed by atoms with Crippen LogP contribution >= 0.6 is 0 Å². The molecule has 3 nitrogen and oxygen atoms in total. The monoisotopic (exact) mass is 582 g/mol. The Kier molecular flexibility index (Phi) is 11.5. The number of halogens is 15. The Bertz CT molecular complexity index is 729. The number of carbonyl (C=O) groups is 1. The fourth-order valence-corrected chi connectivity index (χ4v) is 2.82. The minimum Gasteiger partial charge on any atom is -0.351 e. The first-order valence-corrected chi connectivity index (χ1v) is 10.8. The maximum absolute atomic E-state index is 13.8. The average molecular weight is 582 g/mol. The van der Waals surface area contributed by atoms with Crippen LogP contribution in [0.5, 0.6) is 0 Å². The van der Waals surface area contributed by atoms with Gasteiger partial charge in [-0.25, -0.2) is 0 Å². The minimum absolute atomic E-state index is 0.0786. The largest absolute Gasteiger partial charge is 0.460 e. The molecule has 0 radical (unpaired) electrons. The van der Waals surface area contributed by atoms with E-state index in [2.05, 4.69) is 0 Å². The molecule has 1 N–H and O–H groups in total. The maximum atomic E-state index is 13.8. The molecule has 0 atom stereocenters. The highest BCUT2D eigenvalue weighted by atomic mass is 19.4. The lowest BCUT2D eigenvalue weighted by atomic mass is 9.91. The molecule has 0 saturated heterocycles. The number of hydrogen-bond acceptors (Lipinski definition) is 2. The molecule has 0 aromatic heterocycles. The molecule has 222 valence electrons. The van der Waals surface area contributed by atoms with E-state index in [1.807, 2.05) is 13.8 Å². The van der Waals surface area contributed by atoms with Crippen LogP contribution in [0.4, 0.5) is 65.9 Å². The molecule has 0 fully saturated rings. The second kappa shape index (κ2) is 12.1. The number of amides is 1. The predicted octanol–water partition coefficient (Wildman–Crippen LogP) is 6.77. The van der Waals surface area contributed by atoms with Crippen LogP contribution in [0.3, 0.4) is 0 Å². The van der Waals surface area contributed by atoms with Crippen molar-refractivity contribution in [3.05, 3.63) is 0 Å². The van der Waals surface area contributed by atoms with Crippen molar-refractivity contribution in [2.24, 2.45) is 0 Å². The fourth-order valence-electron chi connectivity index (χ4n) is 2.82. The fraction of sp³-hybridized carbons (Fsp3) is 0.947. The molecular weight excluding hydrogens is 557 g/mol. The number of rotatable bonds is 16. The SMILES string of the molecule is CCCCN(CCCC)CCCNC(=O)C(F)(F)C(F)(F)C(F)(F)C(F)(F)C(F)(F)C(F)(F)C(F)(F)F. The molecule has 1 amide bonds. The van der Waals surface area contributed by atoms with Crippen LogP contribution in [0.1, 0.15) is 46.0 Å². The van der Waals surface area contributed by atoms with Crippen LogP contribution in [-0.4, -0.2) is 78.7 Å². The van der Waals surface area contributed by atoms with Crippen LogP contribution in [0.2, 0.25) is 0 Å². The van der Waals surface area contributed by atoms with Crippen molar-refractivity contribution in [1.82, 2.24) is 10.2 Å². The lowest BCUT2D eigenvalue weighted by molar-refractivity contribution is -0.449. The van der Waals surface area contributed by atoms with Crippen LogP contribution in [-0.2, 0) is 4.79 Å². The predicted molar refractivity (Wildman–Crippen MR) is 99.6 cm³/mol. The molecule has 0 saturated carbocycles. The molecule has 0 bridgehead atoms. The van der Waals surface area contributed by atoms with Gasteiger partial charge in [-0.05, 0) is 38.9 Å². The van der Waals surface area contributed by atoms with Crippen molar-refractivity contribution in [3.8, 4) is 0 Å². The van der Waals surface area contributed by atoms with Crippen molar-refractivity contribution in [2.75, 3.05) is 26.2 Å². The Morgan fingerprint density at radius 1 is 0.568 bits per heavy atom. The van der Waals surface area contributed by atoms with Crippen LogP contribution in [0.25, 0.3) is 0 Å². The van der Waals surface area contributed by atoms with Crippen molar-refractivity contribution < 1.29 is 70.7 Å².